The van der Waals surface area contributed by atoms with Gasteiger partial charge in [0.1, 0.15) is 5.69 Å². The number of carbonyl (C=O) groups is 1. The van der Waals surface area contributed by atoms with Crippen LogP contribution in [0.4, 0.5) is 5.69 Å². The van der Waals surface area contributed by atoms with Crippen molar-refractivity contribution in [3.8, 4) is 0 Å². The van der Waals surface area contributed by atoms with Gasteiger partial charge in [-0.05, 0) is 17.7 Å². The summed E-state index contributed by atoms with van der Waals surface area (Å²) < 4.78 is 0.695. The molecule has 0 aliphatic heterocycles. The van der Waals surface area contributed by atoms with Crippen molar-refractivity contribution >= 4 is 22.5 Å². The Kier molecular flexibility index (Phi) is 3.29. The van der Waals surface area contributed by atoms with Crippen LogP contribution in [0, 0.1) is 0 Å². The molecule has 0 saturated heterocycles. The summed E-state index contributed by atoms with van der Waals surface area (Å²) in [6, 6.07) is 7.86. The average Bonchev–Trinajstić information content (AvgIpc) is 2.01. The average molecular weight is 213 g/mol. The van der Waals surface area contributed by atoms with Gasteiger partial charge in [-0.2, -0.15) is 0 Å². The number of halogens is 1. The Labute approximate surface area is 89.7 Å². The van der Waals surface area contributed by atoms with E-state index in [0.717, 1.165) is 11.3 Å². The van der Waals surface area contributed by atoms with Gasteiger partial charge in [-0.25, -0.2) is 0 Å². The molecule has 76 valence electrons. The Morgan fingerprint density at radius 1 is 1.29 bits per heavy atom. The van der Waals surface area contributed by atoms with Crippen molar-refractivity contribution in [3.05, 3.63) is 29.8 Å². The summed E-state index contributed by atoms with van der Waals surface area (Å²) in [5.74, 6) is 0. The van der Waals surface area contributed by atoms with E-state index >= 15 is 0 Å². The van der Waals surface area contributed by atoms with Crippen molar-refractivity contribution in [2.24, 2.45) is 0 Å². The van der Waals surface area contributed by atoms with Crippen LogP contribution in [-0.2, 0) is 11.2 Å². The van der Waals surface area contributed by atoms with Crippen molar-refractivity contribution in [3.63, 3.8) is 0 Å². The minimum Gasteiger partial charge on any atom is -0.298 e. The maximum atomic E-state index is 10.9. The monoisotopic (exact) mass is 212 g/mol. The number of carbonyl (C=O) groups excluding carboxylic acids is 1. The third kappa shape index (κ3) is 2.82. The fraction of sp³-hybridized carbons (Fsp3) is 0.364. The Bertz CT molecular complexity index is 341. The molecule has 0 unspecified atom stereocenters. The largest absolute Gasteiger partial charge is 0.298 e. The normalized spacial score (nSPS) is 11.4. The van der Waals surface area contributed by atoms with E-state index in [0.29, 0.717) is 10.9 Å². The SMILES string of the molecule is C[N+](C)(C)c1ccccc1CC(=O)Cl. The van der Waals surface area contributed by atoms with Crippen LogP contribution in [0.25, 0.3) is 0 Å². The van der Waals surface area contributed by atoms with E-state index in [1.807, 2.05) is 24.3 Å². The fourth-order valence-corrected chi connectivity index (χ4v) is 1.61. The van der Waals surface area contributed by atoms with Gasteiger partial charge >= 0.3 is 0 Å². The van der Waals surface area contributed by atoms with Crippen molar-refractivity contribution < 1.29 is 4.79 Å². The molecular weight excluding hydrogens is 198 g/mol. The van der Waals surface area contributed by atoms with Crippen molar-refractivity contribution in [1.82, 2.24) is 4.48 Å². The zero-order valence-electron chi connectivity index (χ0n) is 8.75. The van der Waals surface area contributed by atoms with Crippen molar-refractivity contribution in [2.45, 2.75) is 6.42 Å². The molecule has 0 heterocycles. The van der Waals surface area contributed by atoms with Crippen LogP contribution < -0.4 is 4.48 Å². The van der Waals surface area contributed by atoms with E-state index in [-0.39, 0.29) is 5.24 Å². The molecule has 0 fully saturated rings. The molecule has 1 rings (SSSR count). The molecule has 0 aromatic heterocycles. The van der Waals surface area contributed by atoms with E-state index in [1.165, 1.54) is 0 Å². The molecular formula is C11H15ClNO+. The van der Waals surface area contributed by atoms with E-state index in [1.54, 1.807) is 0 Å². The van der Waals surface area contributed by atoms with Gasteiger partial charge in [0.05, 0.1) is 27.6 Å². The lowest BCUT2D eigenvalue weighted by atomic mass is 10.1. The third-order valence-electron chi connectivity index (χ3n) is 2.04. The second-order valence-electron chi connectivity index (χ2n) is 4.17. The van der Waals surface area contributed by atoms with Gasteiger partial charge in [-0.1, -0.05) is 18.2 Å². The highest BCUT2D eigenvalue weighted by Gasteiger charge is 2.17. The molecule has 1 aromatic rings. The summed E-state index contributed by atoms with van der Waals surface area (Å²) in [4.78, 5) is 10.9. The first-order valence-electron chi connectivity index (χ1n) is 4.49. The van der Waals surface area contributed by atoms with Crippen LogP contribution in [-0.4, -0.2) is 26.4 Å². The first-order chi connectivity index (χ1) is 6.41. The Morgan fingerprint density at radius 3 is 2.36 bits per heavy atom. The summed E-state index contributed by atoms with van der Waals surface area (Å²) in [7, 11) is 6.20. The molecule has 3 heteroatoms. The highest BCUT2D eigenvalue weighted by Crippen LogP contribution is 2.23. The number of benzene rings is 1. The highest BCUT2D eigenvalue weighted by molar-refractivity contribution is 6.63. The second-order valence-corrected chi connectivity index (χ2v) is 4.59. The molecule has 14 heavy (non-hydrogen) atoms. The zero-order valence-corrected chi connectivity index (χ0v) is 9.51. The molecule has 0 aliphatic carbocycles. The van der Waals surface area contributed by atoms with E-state index in [4.69, 9.17) is 11.6 Å². The highest BCUT2D eigenvalue weighted by atomic mass is 35.5. The zero-order chi connectivity index (χ0) is 10.8. The minimum absolute atomic E-state index is 0.299. The van der Waals surface area contributed by atoms with E-state index < -0.39 is 0 Å². The summed E-state index contributed by atoms with van der Waals surface area (Å²) in [5.41, 5.74) is 2.13. The van der Waals surface area contributed by atoms with Gasteiger partial charge in [0.2, 0.25) is 5.24 Å². The molecule has 0 amide bonds. The third-order valence-corrected chi connectivity index (χ3v) is 2.18. The lowest BCUT2D eigenvalue weighted by molar-refractivity contribution is -0.111. The standard InChI is InChI=1S/C11H15ClNO/c1-13(2,3)10-7-5-4-6-9(10)8-11(12)14/h4-7H,8H2,1-3H3/q+1. The van der Waals surface area contributed by atoms with Crippen LogP contribution in [0.3, 0.4) is 0 Å². The van der Waals surface area contributed by atoms with Crippen LogP contribution >= 0.6 is 11.6 Å². The summed E-state index contributed by atoms with van der Waals surface area (Å²) in [6.07, 6.45) is 0.299. The van der Waals surface area contributed by atoms with Gasteiger partial charge in [-0.3, -0.25) is 9.28 Å². The molecule has 0 bridgehead atoms. The van der Waals surface area contributed by atoms with Gasteiger partial charge < -0.3 is 0 Å². The number of hydrogen-bond donors (Lipinski definition) is 0. The van der Waals surface area contributed by atoms with E-state index in [2.05, 4.69) is 21.1 Å². The number of hydrogen-bond acceptors (Lipinski definition) is 1. The molecule has 0 atom stereocenters. The number of nitrogens with zero attached hydrogens (tertiary/aromatic N) is 1. The quantitative estimate of drug-likeness (QED) is 0.555. The summed E-state index contributed by atoms with van der Waals surface area (Å²) in [6.45, 7) is 0. The predicted octanol–water partition coefficient (Wildman–Crippen LogP) is 2.19. The first-order valence-corrected chi connectivity index (χ1v) is 4.87. The fourth-order valence-electron chi connectivity index (χ4n) is 1.46. The van der Waals surface area contributed by atoms with Crippen LogP contribution in [0.1, 0.15) is 5.56 Å². The topological polar surface area (TPSA) is 17.1 Å². The lowest BCUT2D eigenvalue weighted by Crippen LogP contribution is -2.35. The van der Waals surface area contributed by atoms with Gasteiger partial charge in [0, 0.05) is 5.56 Å². The van der Waals surface area contributed by atoms with Crippen molar-refractivity contribution in [2.75, 3.05) is 21.1 Å². The number of quaternary nitrogens is 1. The summed E-state index contributed by atoms with van der Waals surface area (Å²) >= 11 is 5.39. The first kappa shape index (κ1) is 11.2. The smallest absolute Gasteiger partial charge is 0.226 e. The van der Waals surface area contributed by atoms with Crippen LogP contribution in [0.15, 0.2) is 24.3 Å². The van der Waals surface area contributed by atoms with Crippen LogP contribution in [0.2, 0.25) is 0 Å². The molecule has 0 spiro atoms. The number of para-hydroxylation sites is 1. The van der Waals surface area contributed by atoms with Crippen LogP contribution in [0.5, 0.6) is 0 Å². The van der Waals surface area contributed by atoms with Crippen molar-refractivity contribution in [1.29, 1.82) is 0 Å². The molecule has 0 saturated carbocycles. The number of rotatable bonds is 3. The predicted molar refractivity (Wildman–Crippen MR) is 60.6 cm³/mol. The molecule has 0 radical (unpaired) electrons. The van der Waals surface area contributed by atoms with Gasteiger partial charge in [0.25, 0.3) is 0 Å². The summed E-state index contributed by atoms with van der Waals surface area (Å²) in [5, 5.41) is -0.314. The minimum atomic E-state index is -0.314. The lowest BCUT2D eigenvalue weighted by Gasteiger charge is -2.25. The Morgan fingerprint density at radius 2 is 1.86 bits per heavy atom. The Hall–Kier alpha value is -0.860. The van der Waals surface area contributed by atoms with Gasteiger partial charge in [-0.15, -0.1) is 0 Å². The Balaban J connectivity index is 3.10. The molecule has 0 N–H and O–H groups in total. The molecule has 1 aromatic carbocycles. The molecule has 0 aliphatic rings. The van der Waals surface area contributed by atoms with Gasteiger partial charge in [0.15, 0.2) is 0 Å². The second kappa shape index (κ2) is 4.11. The maximum Gasteiger partial charge on any atom is 0.226 e. The van der Waals surface area contributed by atoms with E-state index in [9.17, 15) is 4.79 Å². The maximum absolute atomic E-state index is 10.9. The molecule has 2 nitrogen and oxygen atoms in total.